The fourth-order valence-corrected chi connectivity index (χ4v) is 2.48. The monoisotopic (exact) mass is 257 g/mol. The first-order valence-corrected chi connectivity index (χ1v) is 6.38. The number of carbonyl (C=O) groups is 1. The highest BCUT2D eigenvalue weighted by Crippen LogP contribution is 2.52. The van der Waals surface area contributed by atoms with Crippen LogP contribution in [0.5, 0.6) is 0 Å². The van der Waals surface area contributed by atoms with E-state index >= 15 is 0 Å². The molecule has 1 aliphatic carbocycles. The standard InChI is InChI=1S/C10H15N3O3S/c1-10(2)3-6(10)4-13-8(16)11-12-9(13)17-5-7(14)15/h6H,3-5H2,1-2H3,(H,11,16)(H,14,15). The van der Waals surface area contributed by atoms with E-state index < -0.39 is 5.97 Å². The van der Waals surface area contributed by atoms with E-state index in [2.05, 4.69) is 24.0 Å². The van der Waals surface area contributed by atoms with Crippen LogP contribution in [0, 0.1) is 11.3 Å². The van der Waals surface area contributed by atoms with Gasteiger partial charge in [0.15, 0.2) is 5.16 Å². The van der Waals surface area contributed by atoms with Gasteiger partial charge in [0.25, 0.3) is 0 Å². The molecule has 94 valence electrons. The van der Waals surface area contributed by atoms with Crippen molar-refractivity contribution >= 4 is 17.7 Å². The van der Waals surface area contributed by atoms with E-state index in [0.717, 1.165) is 18.2 Å². The Morgan fingerprint density at radius 3 is 2.88 bits per heavy atom. The van der Waals surface area contributed by atoms with E-state index in [1.54, 1.807) is 0 Å². The summed E-state index contributed by atoms with van der Waals surface area (Å²) in [6.07, 6.45) is 1.09. The molecular formula is C10H15N3O3S. The number of aliphatic carboxylic acids is 1. The van der Waals surface area contributed by atoms with Crippen molar-refractivity contribution in [1.82, 2.24) is 14.8 Å². The average molecular weight is 257 g/mol. The summed E-state index contributed by atoms with van der Waals surface area (Å²) >= 11 is 1.07. The van der Waals surface area contributed by atoms with Crippen molar-refractivity contribution in [2.75, 3.05) is 5.75 Å². The van der Waals surface area contributed by atoms with Crippen molar-refractivity contribution in [1.29, 1.82) is 0 Å². The molecule has 1 aliphatic rings. The van der Waals surface area contributed by atoms with Gasteiger partial charge in [-0.2, -0.15) is 0 Å². The van der Waals surface area contributed by atoms with Crippen molar-refractivity contribution in [2.45, 2.75) is 32.0 Å². The number of aromatic amines is 1. The number of hydrogen-bond acceptors (Lipinski definition) is 4. The number of carboxylic acids is 1. The zero-order chi connectivity index (χ0) is 12.6. The smallest absolute Gasteiger partial charge is 0.343 e. The fourth-order valence-electron chi connectivity index (χ4n) is 1.81. The molecule has 1 aromatic rings. The Balaban J connectivity index is 2.07. The highest BCUT2D eigenvalue weighted by molar-refractivity contribution is 7.99. The number of rotatable bonds is 5. The maximum Gasteiger partial charge on any atom is 0.343 e. The molecule has 0 aromatic carbocycles. The van der Waals surface area contributed by atoms with Gasteiger partial charge in [-0.25, -0.2) is 9.89 Å². The topological polar surface area (TPSA) is 88.0 Å². The van der Waals surface area contributed by atoms with Gasteiger partial charge in [0.05, 0.1) is 5.75 Å². The summed E-state index contributed by atoms with van der Waals surface area (Å²) in [5, 5.41) is 15.3. The molecule has 6 nitrogen and oxygen atoms in total. The van der Waals surface area contributed by atoms with Crippen LogP contribution in [0.4, 0.5) is 0 Å². The summed E-state index contributed by atoms with van der Waals surface area (Å²) in [5.74, 6) is -0.524. The van der Waals surface area contributed by atoms with Crippen LogP contribution < -0.4 is 5.69 Å². The van der Waals surface area contributed by atoms with Crippen molar-refractivity contribution in [2.24, 2.45) is 11.3 Å². The fraction of sp³-hybridized carbons (Fsp3) is 0.700. The first kappa shape index (κ1) is 12.2. The molecule has 0 spiro atoms. The minimum atomic E-state index is -0.913. The normalized spacial score (nSPS) is 21.4. The zero-order valence-corrected chi connectivity index (χ0v) is 10.6. The summed E-state index contributed by atoms with van der Waals surface area (Å²) in [5.41, 5.74) is 0.0198. The second-order valence-corrected chi connectivity index (χ2v) is 5.94. The number of H-pyrrole nitrogens is 1. The van der Waals surface area contributed by atoms with Crippen LogP contribution >= 0.6 is 11.8 Å². The largest absolute Gasteiger partial charge is 0.481 e. The first-order chi connectivity index (χ1) is 7.90. The lowest BCUT2D eigenvalue weighted by Crippen LogP contribution is -2.20. The molecule has 17 heavy (non-hydrogen) atoms. The number of nitrogens with zero attached hydrogens (tertiary/aromatic N) is 2. The third kappa shape index (κ3) is 2.71. The number of hydrogen-bond donors (Lipinski definition) is 2. The molecule has 1 fully saturated rings. The second kappa shape index (κ2) is 4.21. The lowest BCUT2D eigenvalue weighted by Gasteiger charge is -2.05. The van der Waals surface area contributed by atoms with E-state index in [-0.39, 0.29) is 16.9 Å². The van der Waals surface area contributed by atoms with Gasteiger partial charge in [0.1, 0.15) is 0 Å². The molecule has 0 radical (unpaired) electrons. The van der Waals surface area contributed by atoms with Gasteiger partial charge in [-0.1, -0.05) is 25.6 Å². The molecule has 2 rings (SSSR count). The summed E-state index contributed by atoms with van der Waals surface area (Å²) in [4.78, 5) is 22.0. The second-order valence-electron chi connectivity index (χ2n) is 4.99. The van der Waals surface area contributed by atoms with Gasteiger partial charge < -0.3 is 5.11 Å². The molecule has 1 aromatic heterocycles. The van der Waals surface area contributed by atoms with E-state index in [1.165, 1.54) is 4.57 Å². The van der Waals surface area contributed by atoms with Gasteiger partial charge in [-0.05, 0) is 17.8 Å². The van der Waals surface area contributed by atoms with Crippen molar-refractivity contribution in [3.05, 3.63) is 10.5 Å². The van der Waals surface area contributed by atoms with E-state index in [9.17, 15) is 9.59 Å². The van der Waals surface area contributed by atoms with Crippen LogP contribution in [0.2, 0.25) is 0 Å². The molecule has 0 bridgehead atoms. The van der Waals surface area contributed by atoms with Crippen molar-refractivity contribution in [3.63, 3.8) is 0 Å². The summed E-state index contributed by atoms with van der Waals surface area (Å²) < 4.78 is 1.53. The highest BCUT2D eigenvalue weighted by atomic mass is 32.2. The van der Waals surface area contributed by atoms with Gasteiger partial charge in [-0.15, -0.1) is 5.10 Å². The third-order valence-electron chi connectivity index (χ3n) is 3.17. The predicted octanol–water partition coefficient (Wildman–Crippen LogP) is 0.794. The SMILES string of the molecule is CC1(C)CC1Cn1c(SCC(=O)O)n[nH]c1=O. The van der Waals surface area contributed by atoms with Crippen LogP contribution in [0.3, 0.4) is 0 Å². The van der Waals surface area contributed by atoms with Crippen molar-refractivity contribution < 1.29 is 9.90 Å². The lowest BCUT2D eigenvalue weighted by atomic mass is 10.1. The van der Waals surface area contributed by atoms with E-state index in [1.807, 2.05) is 0 Å². The van der Waals surface area contributed by atoms with Crippen LogP contribution in [0.1, 0.15) is 20.3 Å². The molecule has 2 N–H and O–H groups in total. The predicted molar refractivity (Wildman–Crippen MR) is 63.1 cm³/mol. The average Bonchev–Trinajstić information content (AvgIpc) is 2.66. The Bertz CT molecular complexity index is 491. The van der Waals surface area contributed by atoms with Gasteiger partial charge in [0.2, 0.25) is 0 Å². The highest BCUT2D eigenvalue weighted by Gasteiger charge is 2.45. The third-order valence-corrected chi connectivity index (χ3v) is 4.13. The molecule has 0 aliphatic heterocycles. The van der Waals surface area contributed by atoms with Gasteiger partial charge >= 0.3 is 11.7 Å². The zero-order valence-electron chi connectivity index (χ0n) is 9.77. The number of thioether (sulfide) groups is 1. The first-order valence-electron chi connectivity index (χ1n) is 5.40. The maximum absolute atomic E-state index is 11.5. The summed E-state index contributed by atoms with van der Waals surface area (Å²) in [7, 11) is 0. The Morgan fingerprint density at radius 1 is 1.71 bits per heavy atom. The van der Waals surface area contributed by atoms with Crippen LogP contribution in [0.25, 0.3) is 0 Å². The van der Waals surface area contributed by atoms with Gasteiger partial charge in [-0.3, -0.25) is 9.36 Å². The van der Waals surface area contributed by atoms with Crippen LogP contribution in [-0.2, 0) is 11.3 Å². The quantitative estimate of drug-likeness (QED) is 0.761. The Hall–Kier alpha value is -1.24. The minimum Gasteiger partial charge on any atom is -0.481 e. The molecule has 1 saturated carbocycles. The summed E-state index contributed by atoms with van der Waals surface area (Å²) in [6.45, 7) is 4.93. The Labute approximate surface area is 102 Å². The number of aromatic nitrogens is 3. The molecule has 0 saturated heterocycles. The molecular weight excluding hydrogens is 242 g/mol. The molecule has 1 heterocycles. The van der Waals surface area contributed by atoms with Crippen molar-refractivity contribution in [3.8, 4) is 0 Å². The van der Waals surface area contributed by atoms with Gasteiger partial charge in [0, 0.05) is 6.54 Å². The van der Waals surface area contributed by atoms with Crippen LogP contribution in [-0.4, -0.2) is 31.6 Å². The maximum atomic E-state index is 11.5. The lowest BCUT2D eigenvalue weighted by molar-refractivity contribution is -0.133. The molecule has 1 atom stereocenters. The Kier molecular flexibility index (Phi) is 3.03. The number of carboxylic acid groups (broad SMARTS) is 1. The molecule has 7 heteroatoms. The Morgan fingerprint density at radius 2 is 2.35 bits per heavy atom. The van der Waals surface area contributed by atoms with Crippen LogP contribution in [0.15, 0.2) is 9.95 Å². The number of nitrogens with one attached hydrogen (secondary N) is 1. The summed E-state index contributed by atoms with van der Waals surface area (Å²) in [6, 6.07) is 0. The molecule has 1 unspecified atom stereocenters. The van der Waals surface area contributed by atoms with E-state index in [0.29, 0.717) is 17.6 Å². The van der Waals surface area contributed by atoms with E-state index in [4.69, 9.17) is 5.11 Å². The minimum absolute atomic E-state index is 0.0850. The molecule has 0 amide bonds.